The third-order valence-corrected chi connectivity index (χ3v) is 6.11. The fraction of sp³-hybridized carbons (Fsp3) is 0.296. The van der Waals surface area contributed by atoms with Crippen LogP contribution in [0.25, 0.3) is 0 Å². The topological polar surface area (TPSA) is 97.8 Å². The van der Waals surface area contributed by atoms with Crippen LogP contribution in [-0.2, 0) is 12.0 Å². The Bertz CT molecular complexity index is 1380. The van der Waals surface area contributed by atoms with Gasteiger partial charge in [-0.1, -0.05) is 19.9 Å². The quantitative estimate of drug-likeness (QED) is 0.392. The molecule has 1 atom stereocenters. The number of aromatic carboxylic acids is 1. The van der Waals surface area contributed by atoms with Crippen molar-refractivity contribution in [3.63, 3.8) is 0 Å². The second-order valence-electron chi connectivity index (χ2n) is 9.28. The number of nitrogens with zero attached hydrogens (tertiary/aromatic N) is 1. The van der Waals surface area contributed by atoms with Gasteiger partial charge in [0.05, 0.1) is 12.2 Å². The average molecular weight is 532 g/mol. The third-order valence-electron chi connectivity index (χ3n) is 6.11. The summed E-state index contributed by atoms with van der Waals surface area (Å²) in [5.74, 6) is -3.59. The van der Waals surface area contributed by atoms with E-state index in [0.717, 1.165) is 12.1 Å². The van der Waals surface area contributed by atoms with Gasteiger partial charge in [-0.05, 0) is 65.9 Å². The number of fused-ring (bicyclic) bond motifs is 1. The average Bonchev–Trinajstić information content (AvgIpc) is 2.84. The number of halogens is 4. The molecule has 1 unspecified atom stereocenters. The van der Waals surface area contributed by atoms with E-state index in [1.807, 2.05) is 13.8 Å². The first kappa shape index (κ1) is 26.9. The Morgan fingerprint density at radius 2 is 1.95 bits per heavy atom. The van der Waals surface area contributed by atoms with Crippen LogP contribution in [-0.4, -0.2) is 34.9 Å². The van der Waals surface area contributed by atoms with Crippen molar-refractivity contribution < 1.29 is 41.7 Å². The normalized spacial score (nSPS) is 16.9. The number of alkyl halides is 3. The molecule has 3 aromatic rings. The van der Waals surface area contributed by atoms with E-state index < -0.39 is 35.3 Å². The summed E-state index contributed by atoms with van der Waals surface area (Å²) < 4.78 is 62.3. The van der Waals surface area contributed by atoms with Gasteiger partial charge in [-0.15, -0.1) is 13.2 Å². The molecule has 2 heterocycles. The lowest BCUT2D eigenvalue weighted by Crippen LogP contribution is -2.50. The zero-order chi connectivity index (χ0) is 27.7. The first-order valence-electron chi connectivity index (χ1n) is 11.7. The first-order valence-corrected chi connectivity index (χ1v) is 11.7. The Balaban J connectivity index is 1.79. The molecule has 0 fully saturated rings. The van der Waals surface area contributed by atoms with Gasteiger partial charge in [-0.2, -0.15) is 0 Å². The lowest BCUT2D eigenvalue weighted by atomic mass is 9.81. The Hall–Kier alpha value is -4.15. The van der Waals surface area contributed by atoms with Gasteiger partial charge in [0.15, 0.2) is 11.6 Å². The van der Waals surface area contributed by atoms with Gasteiger partial charge >= 0.3 is 12.3 Å². The Morgan fingerprint density at radius 3 is 2.61 bits per heavy atom. The number of carbonyl (C=O) groups excluding carboxylic acids is 1. The van der Waals surface area contributed by atoms with Crippen molar-refractivity contribution in [2.75, 3.05) is 6.61 Å². The largest absolute Gasteiger partial charge is 0.573 e. The van der Waals surface area contributed by atoms with Crippen LogP contribution in [0.1, 0.15) is 57.8 Å². The molecule has 0 saturated heterocycles. The summed E-state index contributed by atoms with van der Waals surface area (Å²) in [5.41, 5.74) is -0.386. The monoisotopic (exact) mass is 532 g/mol. The van der Waals surface area contributed by atoms with Crippen molar-refractivity contribution >= 4 is 11.9 Å². The maximum absolute atomic E-state index is 14.8. The molecule has 0 spiro atoms. The van der Waals surface area contributed by atoms with E-state index in [0.29, 0.717) is 17.7 Å². The van der Waals surface area contributed by atoms with Gasteiger partial charge in [0.1, 0.15) is 17.0 Å². The smallest absolute Gasteiger partial charge is 0.491 e. The number of hydrogen-bond donors (Lipinski definition) is 2. The van der Waals surface area contributed by atoms with Crippen LogP contribution in [0.15, 0.2) is 54.7 Å². The van der Waals surface area contributed by atoms with E-state index in [9.17, 15) is 32.3 Å². The summed E-state index contributed by atoms with van der Waals surface area (Å²) in [6.45, 7) is 3.93. The summed E-state index contributed by atoms with van der Waals surface area (Å²) in [4.78, 5) is 29.6. The SMILES string of the molecule is CC(C)Cc1cc(C(=O)NC2(c3ccc(OC(F)(F)F)c(F)c3)CCOc3cccnc32)ccc1C(=O)O. The van der Waals surface area contributed by atoms with Crippen LogP contribution < -0.4 is 14.8 Å². The lowest BCUT2D eigenvalue weighted by Gasteiger charge is -2.39. The zero-order valence-corrected chi connectivity index (χ0v) is 20.4. The fourth-order valence-electron chi connectivity index (χ4n) is 4.53. The Kier molecular flexibility index (Phi) is 7.30. The molecule has 0 bridgehead atoms. The summed E-state index contributed by atoms with van der Waals surface area (Å²) in [5, 5.41) is 12.4. The Labute approximate surface area is 215 Å². The number of aromatic nitrogens is 1. The van der Waals surface area contributed by atoms with Crippen LogP contribution in [0.4, 0.5) is 17.6 Å². The number of ether oxygens (including phenoxy) is 2. The van der Waals surface area contributed by atoms with Crippen molar-refractivity contribution in [2.45, 2.75) is 38.6 Å². The van der Waals surface area contributed by atoms with Crippen LogP contribution in [0.2, 0.25) is 0 Å². The highest BCUT2D eigenvalue weighted by atomic mass is 19.4. The fourth-order valence-corrected chi connectivity index (χ4v) is 4.53. The predicted molar refractivity (Wildman–Crippen MR) is 128 cm³/mol. The molecule has 38 heavy (non-hydrogen) atoms. The van der Waals surface area contributed by atoms with Crippen molar-refractivity contribution in [3.05, 3.63) is 88.5 Å². The van der Waals surface area contributed by atoms with E-state index in [2.05, 4.69) is 15.0 Å². The molecule has 4 rings (SSSR count). The third kappa shape index (κ3) is 5.56. The van der Waals surface area contributed by atoms with E-state index in [1.165, 1.54) is 30.5 Å². The zero-order valence-electron chi connectivity index (χ0n) is 20.4. The maximum Gasteiger partial charge on any atom is 0.573 e. The Morgan fingerprint density at radius 1 is 1.18 bits per heavy atom. The number of hydrogen-bond acceptors (Lipinski definition) is 5. The molecular formula is C27H24F4N2O5. The highest BCUT2D eigenvalue weighted by molar-refractivity contribution is 5.97. The van der Waals surface area contributed by atoms with Crippen LogP contribution in [0.3, 0.4) is 0 Å². The van der Waals surface area contributed by atoms with Gasteiger partial charge < -0.3 is 19.9 Å². The summed E-state index contributed by atoms with van der Waals surface area (Å²) in [6, 6.07) is 10.4. The predicted octanol–water partition coefficient (Wildman–Crippen LogP) is 5.47. The summed E-state index contributed by atoms with van der Waals surface area (Å²) >= 11 is 0. The van der Waals surface area contributed by atoms with Crippen LogP contribution in [0, 0.1) is 11.7 Å². The number of nitrogens with one attached hydrogen (secondary N) is 1. The number of carboxylic acids is 1. The van der Waals surface area contributed by atoms with Crippen LogP contribution >= 0.6 is 0 Å². The van der Waals surface area contributed by atoms with Crippen molar-refractivity contribution in [1.82, 2.24) is 10.3 Å². The molecular weight excluding hydrogens is 508 g/mol. The molecule has 1 aromatic heterocycles. The number of benzene rings is 2. The summed E-state index contributed by atoms with van der Waals surface area (Å²) in [6.07, 6.45) is -3.13. The van der Waals surface area contributed by atoms with Crippen molar-refractivity contribution in [2.24, 2.45) is 5.92 Å². The lowest BCUT2D eigenvalue weighted by molar-refractivity contribution is -0.275. The molecule has 2 N–H and O–H groups in total. The van der Waals surface area contributed by atoms with Crippen LogP contribution in [0.5, 0.6) is 11.5 Å². The van der Waals surface area contributed by atoms with Crippen molar-refractivity contribution in [3.8, 4) is 11.5 Å². The van der Waals surface area contributed by atoms with E-state index in [1.54, 1.807) is 12.1 Å². The standard InChI is InChI=1S/C27H24F4N2O5/c1-15(2)12-17-13-16(5-7-19(17)25(35)36)24(34)33-26(9-11-37-22-4-3-10-32-23(22)26)18-6-8-21(20(28)14-18)38-27(29,30)31/h3-8,10,13-15H,9,11-12H2,1-2H3,(H,33,34)(H,35,36). The minimum atomic E-state index is -5.09. The number of carbonyl (C=O) groups is 2. The molecule has 2 aromatic carbocycles. The van der Waals surface area contributed by atoms with E-state index in [-0.39, 0.29) is 41.3 Å². The van der Waals surface area contributed by atoms with Gasteiger partial charge in [-0.3, -0.25) is 9.78 Å². The number of carboxylic acid groups (broad SMARTS) is 1. The van der Waals surface area contributed by atoms with Gasteiger partial charge in [0.2, 0.25) is 0 Å². The number of amides is 1. The molecule has 7 nitrogen and oxygen atoms in total. The maximum atomic E-state index is 14.8. The molecule has 200 valence electrons. The number of rotatable bonds is 7. The molecule has 0 saturated carbocycles. The second-order valence-corrected chi connectivity index (χ2v) is 9.28. The second kappa shape index (κ2) is 10.3. The number of pyridine rings is 1. The van der Waals surface area contributed by atoms with Crippen molar-refractivity contribution in [1.29, 1.82) is 0 Å². The molecule has 11 heteroatoms. The minimum absolute atomic E-state index is 0.0744. The van der Waals surface area contributed by atoms with E-state index in [4.69, 9.17) is 4.74 Å². The minimum Gasteiger partial charge on any atom is -0.491 e. The molecule has 1 amide bonds. The van der Waals surface area contributed by atoms with Gasteiger partial charge in [-0.25, -0.2) is 9.18 Å². The summed E-state index contributed by atoms with van der Waals surface area (Å²) in [7, 11) is 0. The highest BCUT2D eigenvalue weighted by Gasteiger charge is 2.43. The van der Waals surface area contributed by atoms with Gasteiger partial charge in [0.25, 0.3) is 5.91 Å². The molecule has 0 radical (unpaired) electrons. The highest BCUT2D eigenvalue weighted by Crippen LogP contribution is 2.42. The molecule has 0 aliphatic carbocycles. The van der Waals surface area contributed by atoms with E-state index >= 15 is 0 Å². The van der Waals surface area contributed by atoms with Gasteiger partial charge in [0, 0.05) is 18.2 Å². The molecule has 1 aliphatic rings. The first-order chi connectivity index (χ1) is 17.9. The molecule has 1 aliphatic heterocycles.